The molecule has 3 heterocycles. The van der Waals surface area contributed by atoms with Crippen LogP contribution in [0.1, 0.15) is 55.1 Å². The predicted molar refractivity (Wildman–Crippen MR) is 95.0 cm³/mol. The highest BCUT2D eigenvalue weighted by atomic mass is 19.4. The van der Waals surface area contributed by atoms with E-state index in [9.17, 15) is 13.2 Å². The van der Waals surface area contributed by atoms with Crippen LogP contribution in [-0.2, 0) is 12.7 Å². The molecule has 2 unspecified atom stereocenters. The Bertz CT molecular complexity index is 1040. The molecule has 2 aliphatic carbocycles. The first-order valence-electron chi connectivity index (χ1n) is 9.46. The van der Waals surface area contributed by atoms with Crippen molar-refractivity contribution in [2.24, 2.45) is 5.92 Å². The zero-order valence-corrected chi connectivity index (χ0v) is 15.6. The molecule has 2 fully saturated rings. The van der Waals surface area contributed by atoms with Crippen molar-refractivity contribution in [2.45, 2.75) is 57.8 Å². The minimum absolute atomic E-state index is 0.0417. The number of hydrogen-bond donors (Lipinski definition) is 0. The standard InChI is InChI=1S/C19H20F3N5O/c1-10-7-14(10)15-6-5-13(28-15)9-26(12-3-4-12)16-8-11(2)23-18-24-17(19(20,21)22)25-27(16)18/h5-6,8,10,12,14H,3-4,7,9H2,1-2H3. The molecule has 0 saturated heterocycles. The third-order valence-electron chi connectivity index (χ3n) is 5.44. The molecule has 0 aliphatic heterocycles. The van der Waals surface area contributed by atoms with E-state index in [2.05, 4.69) is 26.9 Å². The van der Waals surface area contributed by atoms with Gasteiger partial charge in [-0.15, -0.1) is 5.10 Å². The van der Waals surface area contributed by atoms with E-state index in [-0.39, 0.29) is 11.8 Å². The van der Waals surface area contributed by atoms with E-state index in [4.69, 9.17) is 4.42 Å². The first-order valence-corrected chi connectivity index (χ1v) is 9.46. The minimum atomic E-state index is -4.61. The normalized spacial score (nSPS) is 22.0. The van der Waals surface area contributed by atoms with Crippen LogP contribution in [0.15, 0.2) is 22.6 Å². The summed E-state index contributed by atoms with van der Waals surface area (Å²) in [6, 6.07) is 5.98. The lowest BCUT2D eigenvalue weighted by Crippen LogP contribution is -2.27. The van der Waals surface area contributed by atoms with E-state index in [1.54, 1.807) is 13.0 Å². The van der Waals surface area contributed by atoms with Crippen LogP contribution in [0.3, 0.4) is 0 Å². The smallest absolute Gasteiger partial charge is 0.453 e. The number of alkyl halides is 3. The van der Waals surface area contributed by atoms with Crippen molar-refractivity contribution in [3.63, 3.8) is 0 Å². The van der Waals surface area contributed by atoms with Crippen LogP contribution in [0.25, 0.3) is 5.78 Å². The second-order valence-electron chi connectivity index (χ2n) is 7.88. The summed E-state index contributed by atoms with van der Waals surface area (Å²) in [7, 11) is 0. The van der Waals surface area contributed by atoms with Crippen molar-refractivity contribution in [3.8, 4) is 0 Å². The Morgan fingerprint density at radius 1 is 1.25 bits per heavy atom. The average molecular weight is 391 g/mol. The van der Waals surface area contributed by atoms with Crippen molar-refractivity contribution in [1.82, 2.24) is 19.6 Å². The Hall–Kier alpha value is -2.58. The van der Waals surface area contributed by atoms with Crippen molar-refractivity contribution in [2.75, 3.05) is 4.90 Å². The van der Waals surface area contributed by atoms with Gasteiger partial charge in [0.05, 0.1) is 6.54 Å². The van der Waals surface area contributed by atoms with Crippen LogP contribution in [0.2, 0.25) is 0 Å². The number of anilines is 1. The van der Waals surface area contributed by atoms with Gasteiger partial charge in [0, 0.05) is 23.7 Å². The lowest BCUT2D eigenvalue weighted by atomic mass is 10.3. The number of fused-ring (bicyclic) bond motifs is 1. The first kappa shape index (κ1) is 17.5. The lowest BCUT2D eigenvalue weighted by Gasteiger charge is -2.24. The number of halogens is 3. The van der Waals surface area contributed by atoms with E-state index < -0.39 is 12.0 Å². The molecule has 6 nitrogen and oxygen atoms in total. The Balaban J connectivity index is 1.52. The van der Waals surface area contributed by atoms with Gasteiger partial charge in [0.15, 0.2) is 0 Å². The van der Waals surface area contributed by atoms with E-state index in [1.807, 2.05) is 12.1 Å². The number of aryl methyl sites for hydroxylation is 1. The highest BCUT2D eigenvalue weighted by Gasteiger charge is 2.39. The molecular formula is C19H20F3N5O. The fourth-order valence-corrected chi connectivity index (χ4v) is 3.64. The fourth-order valence-electron chi connectivity index (χ4n) is 3.64. The maximum absolute atomic E-state index is 13.1. The monoisotopic (exact) mass is 391 g/mol. The molecule has 0 spiro atoms. The van der Waals surface area contributed by atoms with Gasteiger partial charge in [-0.1, -0.05) is 6.92 Å². The molecule has 28 heavy (non-hydrogen) atoms. The van der Waals surface area contributed by atoms with Gasteiger partial charge in [-0.05, 0) is 44.2 Å². The Kier molecular flexibility index (Phi) is 3.73. The van der Waals surface area contributed by atoms with Gasteiger partial charge >= 0.3 is 6.18 Å². The molecule has 0 aromatic carbocycles. The van der Waals surface area contributed by atoms with Gasteiger partial charge in [0.1, 0.15) is 17.3 Å². The maximum atomic E-state index is 13.1. The summed E-state index contributed by atoms with van der Waals surface area (Å²) in [6.45, 7) is 4.42. The Labute approximate surface area is 159 Å². The summed E-state index contributed by atoms with van der Waals surface area (Å²) in [5.74, 6) is 2.28. The molecule has 0 N–H and O–H groups in total. The van der Waals surface area contributed by atoms with Crippen molar-refractivity contribution in [3.05, 3.63) is 41.2 Å². The van der Waals surface area contributed by atoms with Crippen LogP contribution in [-0.4, -0.2) is 25.6 Å². The highest BCUT2D eigenvalue weighted by Crippen LogP contribution is 2.47. The average Bonchev–Trinajstić information content (AvgIpc) is 3.49. The number of nitrogens with zero attached hydrogens (tertiary/aromatic N) is 5. The summed E-state index contributed by atoms with van der Waals surface area (Å²) in [5.41, 5.74) is 0.598. The zero-order chi connectivity index (χ0) is 19.6. The molecule has 3 aromatic heterocycles. The molecule has 5 rings (SSSR count). The second kappa shape index (κ2) is 5.96. The SMILES string of the molecule is Cc1cc(N(Cc2ccc(C3CC3C)o2)C2CC2)n2nc(C(F)(F)F)nc2n1. The molecule has 2 atom stereocenters. The van der Waals surface area contributed by atoms with E-state index >= 15 is 0 Å². The highest BCUT2D eigenvalue weighted by molar-refractivity contribution is 5.49. The lowest BCUT2D eigenvalue weighted by molar-refractivity contribution is -0.144. The molecular weight excluding hydrogens is 371 g/mol. The number of rotatable bonds is 5. The third kappa shape index (κ3) is 3.12. The van der Waals surface area contributed by atoms with Crippen LogP contribution in [0, 0.1) is 12.8 Å². The largest absolute Gasteiger partial charge is 0.464 e. The summed E-state index contributed by atoms with van der Waals surface area (Å²) in [6.07, 6.45) is -1.50. The van der Waals surface area contributed by atoms with Gasteiger partial charge in [-0.2, -0.15) is 22.7 Å². The van der Waals surface area contributed by atoms with E-state index in [0.717, 1.165) is 30.8 Å². The second-order valence-corrected chi connectivity index (χ2v) is 7.88. The van der Waals surface area contributed by atoms with Crippen molar-refractivity contribution >= 4 is 11.6 Å². The van der Waals surface area contributed by atoms with Gasteiger partial charge in [0.25, 0.3) is 11.6 Å². The quantitative estimate of drug-likeness (QED) is 0.648. The van der Waals surface area contributed by atoms with E-state index in [0.29, 0.717) is 29.9 Å². The Morgan fingerprint density at radius 3 is 2.64 bits per heavy atom. The molecule has 2 aliphatic rings. The van der Waals surface area contributed by atoms with Gasteiger partial charge in [-0.25, -0.2) is 4.98 Å². The topological polar surface area (TPSA) is 59.5 Å². The Morgan fingerprint density at radius 2 is 2.00 bits per heavy atom. The summed E-state index contributed by atoms with van der Waals surface area (Å²) < 4.78 is 46.5. The van der Waals surface area contributed by atoms with E-state index in [1.165, 1.54) is 4.52 Å². The molecule has 2 saturated carbocycles. The predicted octanol–water partition coefficient (Wildman–Crippen LogP) is 4.34. The summed E-state index contributed by atoms with van der Waals surface area (Å²) in [5, 5.41) is 3.70. The van der Waals surface area contributed by atoms with Crippen molar-refractivity contribution < 1.29 is 17.6 Å². The van der Waals surface area contributed by atoms with Gasteiger partial charge in [0.2, 0.25) is 0 Å². The van der Waals surface area contributed by atoms with Crippen LogP contribution in [0.4, 0.5) is 19.0 Å². The number of hydrogen-bond acceptors (Lipinski definition) is 5. The third-order valence-corrected chi connectivity index (χ3v) is 5.44. The van der Waals surface area contributed by atoms with Crippen LogP contribution < -0.4 is 4.90 Å². The molecule has 3 aromatic rings. The minimum Gasteiger partial charge on any atom is -0.464 e. The van der Waals surface area contributed by atoms with Crippen molar-refractivity contribution in [1.29, 1.82) is 0 Å². The summed E-state index contributed by atoms with van der Waals surface area (Å²) >= 11 is 0. The molecule has 0 amide bonds. The number of furan rings is 1. The fraction of sp³-hybridized carbons (Fsp3) is 0.526. The first-order chi connectivity index (χ1) is 13.3. The summed E-state index contributed by atoms with van der Waals surface area (Å²) in [4.78, 5) is 9.76. The van der Waals surface area contributed by atoms with Gasteiger partial charge in [-0.3, -0.25) is 0 Å². The molecule has 0 radical (unpaired) electrons. The zero-order valence-electron chi connectivity index (χ0n) is 15.6. The maximum Gasteiger partial charge on any atom is 0.453 e. The van der Waals surface area contributed by atoms with Crippen LogP contribution >= 0.6 is 0 Å². The van der Waals surface area contributed by atoms with Gasteiger partial charge < -0.3 is 9.32 Å². The van der Waals surface area contributed by atoms with Crippen LogP contribution in [0.5, 0.6) is 0 Å². The molecule has 0 bridgehead atoms. The molecule has 148 valence electrons. The molecule has 9 heteroatoms. The number of aromatic nitrogens is 4.